The Kier molecular flexibility index (Phi) is 5.39. The highest BCUT2D eigenvalue weighted by atomic mass is 19.1. The number of pyridine rings is 1. The molecule has 0 bridgehead atoms. The normalized spacial score (nSPS) is 14.1. The summed E-state index contributed by atoms with van der Waals surface area (Å²) in [5.74, 6) is -0.258. The molecule has 144 valence electrons. The molecule has 1 aromatic carbocycles. The van der Waals surface area contributed by atoms with Gasteiger partial charge in [0.1, 0.15) is 17.5 Å². The molecule has 0 N–H and O–H groups in total. The van der Waals surface area contributed by atoms with Crippen molar-refractivity contribution in [3.8, 4) is 11.3 Å². The number of fused-ring (bicyclic) bond motifs is 1. The van der Waals surface area contributed by atoms with Gasteiger partial charge in [0.05, 0.1) is 5.69 Å². The van der Waals surface area contributed by atoms with Crippen molar-refractivity contribution < 1.29 is 8.78 Å². The average Bonchev–Trinajstić information content (AvgIpc) is 2.69. The van der Waals surface area contributed by atoms with Crippen LogP contribution in [-0.4, -0.2) is 26.4 Å². The van der Waals surface area contributed by atoms with Crippen LogP contribution < -0.4 is 0 Å². The lowest BCUT2D eigenvalue weighted by molar-refractivity contribution is 0.242. The summed E-state index contributed by atoms with van der Waals surface area (Å²) in [7, 11) is 0. The minimum Gasteiger partial charge on any atom is -0.294 e. The van der Waals surface area contributed by atoms with E-state index in [0.29, 0.717) is 11.3 Å². The highest BCUT2D eigenvalue weighted by Crippen LogP contribution is 2.23. The zero-order valence-electron chi connectivity index (χ0n) is 15.8. The largest absolute Gasteiger partial charge is 0.294 e. The van der Waals surface area contributed by atoms with Crippen molar-refractivity contribution in [3.63, 3.8) is 0 Å². The third-order valence-electron chi connectivity index (χ3n) is 4.97. The number of hydrogen-bond donors (Lipinski definition) is 0. The maximum Gasteiger partial charge on any atom is 0.135 e. The third kappa shape index (κ3) is 4.07. The Bertz CT molecular complexity index is 973. The van der Waals surface area contributed by atoms with E-state index in [1.54, 1.807) is 12.3 Å². The average molecular weight is 380 g/mol. The predicted octanol–water partition coefficient (Wildman–Crippen LogP) is 4.33. The molecule has 1 aliphatic rings. The van der Waals surface area contributed by atoms with Gasteiger partial charge in [-0.15, -0.1) is 0 Å². The monoisotopic (exact) mass is 380 g/mol. The first-order valence-corrected chi connectivity index (χ1v) is 9.58. The molecule has 2 aromatic heterocycles. The van der Waals surface area contributed by atoms with Gasteiger partial charge in [-0.1, -0.05) is 13.0 Å². The van der Waals surface area contributed by atoms with Gasteiger partial charge in [0, 0.05) is 67.8 Å². The molecular formula is C22H22F2N4. The van der Waals surface area contributed by atoms with Gasteiger partial charge in [0.15, 0.2) is 0 Å². The van der Waals surface area contributed by atoms with Crippen molar-refractivity contribution in [2.24, 2.45) is 0 Å². The van der Waals surface area contributed by atoms with Crippen LogP contribution >= 0.6 is 0 Å². The summed E-state index contributed by atoms with van der Waals surface area (Å²) in [6.07, 6.45) is 6.60. The minimum atomic E-state index is -0.602. The molecule has 0 unspecified atom stereocenters. The molecule has 0 atom stereocenters. The molecule has 3 aromatic rings. The fourth-order valence-corrected chi connectivity index (χ4v) is 3.53. The van der Waals surface area contributed by atoms with E-state index in [-0.39, 0.29) is 0 Å². The fraction of sp³-hybridized carbons (Fsp3) is 0.318. The lowest BCUT2D eigenvalue weighted by Crippen LogP contribution is -2.31. The van der Waals surface area contributed by atoms with Crippen molar-refractivity contribution in [3.05, 3.63) is 77.0 Å². The quantitative estimate of drug-likeness (QED) is 0.661. The highest BCUT2D eigenvalue weighted by Gasteiger charge is 2.18. The molecule has 1 aliphatic heterocycles. The van der Waals surface area contributed by atoms with Crippen LogP contribution in [0.1, 0.15) is 36.0 Å². The first-order chi connectivity index (χ1) is 13.6. The topological polar surface area (TPSA) is 41.9 Å². The van der Waals surface area contributed by atoms with E-state index in [9.17, 15) is 8.78 Å². The Balaban J connectivity index is 1.44. The van der Waals surface area contributed by atoms with Crippen LogP contribution in [0.5, 0.6) is 0 Å². The smallest absolute Gasteiger partial charge is 0.135 e. The molecule has 6 heteroatoms. The second-order valence-corrected chi connectivity index (χ2v) is 7.14. The Labute approximate surface area is 163 Å². The van der Waals surface area contributed by atoms with E-state index < -0.39 is 11.6 Å². The van der Waals surface area contributed by atoms with Gasteiger partial charge in [-0.2, -0.15) is 0 Å². The molecule has 4 rings (SSSR count). The first kappa shape index (κ1) is 18.6. The number of halogens is 2. The van der Waals surface area contributed by atoms with Crippen LogP contribution in [-0.2, 0) is 25.9 Å². The molecular weight excluding hydrogens is 358 g/mol. The van der Waals surface area contributed by atoms with E-state index in [1.807, 2.05) is 12.3 Å². The Morgan fingerprint density at radius 2 is 1.96 bits per heavy atom. The number of nitrogens with zero attached hydrogens (tertiary/aromatic N) is 4. The molecule has 0 saturated heterocycles. The second kappa shape index (κ2) is 8.10. The van der Waals surface area contributed by atoms with Gasteiger partial charge in [0.2, 0.25) is 0 Å². The fourth-order valence-electron chi connectivity index (χ4n) is 3.53. The third-order valence-corrected chi connectivity index (χ3v) is 4.97. The van der Waals surface area contributed by atoms with Crippen LogP contribution in [0.3, 0.4) is 0 Å². The molecule has 0 amide bonds. The summed E-state index contributed by atoms with van der Waals surface area (Å²) < 4.78 is 27.0. The van der Waals surface area contributed by atoms with Crippen molar-refractivity contribution in [2.75, 3.05) is 6.54 Å². The molecule has 0 saturated carbocycles. The standard InChI is InChI=1S/C22H22F2N4/c1-2-3-22-26-12-16-14-28(9-8-20(16)27-22)13-15-4-7-21(25-11-15)18-6-5-17(23)10-19(18)24/h4-7,10-12H,2-3,8-9,13-14H2,1H3. The number of aryl methyl sites for hydroxylation is 1. The lowest BCUT2D eigenvalue weighted by atomic mass is 10.1. The van der Waals surface area contributed by atoms with Crippen molar-refractivity contribution >= 4 is 0 Å². The molecule has 3 heterocycles. The molecule has 0 spiro atoms. The zero-order chi connectivity index (χ0) is 19.5. The Morgan fingerprint density at radius 3 is 2.71 bits per heavy atom. The van der Waals surface area contributed by atoms with Gasteiger partial charge >= 0.3 is 0 Å². The molecule has 0 fully saturated rings. The molecule has 28 heavy (non-hydrogen) atoms. The van der Waals surface area contributed by atoms with Crippen LogP contribution in [0.15, 0.2) is 42.7 Å². The highest BCUT2D eigenvalue weighted by molar-refractivity contribution is 5.59. The van der Waals surface area contributed by atoms with E-state index in [0.717, 1.165) is 62.0 Å². The Morgan fingerprint density at radius 1 is 1.07 bits per heavy atom. The second-order valence-electron chi connectivity index (χ2n) is 7.14. The number of hydrogen-bond acceptors (Lipinski definition) is 4. The predicted molar refractivity (Wildman–Crippen MR) is 103 cm³/mol. The lowest BCUT2D eigenvalue weighted by Gasteiger charge is -2.28. The summed E-state index contributed by atoms with van der Waals surface area (Å²) in [6, 6.07) is 7.27. The van der Waals surface area contributed by atoms with Crippen LogP contribution in [0.4, 0.5) is 8.78 Å². The van der Waals surface area contributed by atoms with Crippen molar-refractivity contribution in [1.82, 2.24) is 19.9 Å². The molecule has 0 aliphatic carbocycles. The summed E-state index contributed by atoms with van der Waals surface area (Å²) >= 11 is 0. The zero-order valence-corrected chi connectivity index (χ0v) is 15.8. The van der Waals surface area contributed by atoms with E-state index in [1.165, 1.54) is 17.7 Å². The number of rotatable bonds is 5. The number of benzene rings is 1. The van der Waals surface area contributed by atoms with Gasteiger partial charge < -0.3 is 0 Å². The van der Waals surface area contributed by atoms with Gasteiger partial charge in [-0.05, 0) is 30.2 Å². The van der Waals surface area contributed by atoms with E-state index in [2.05, 4.69) is 21.8 Å². The molecule has 4 nitrogen and oxygen atoms in total. The summed E-state index contributed by atoms with van der Waals surface area (Å²) in [5.41, 5.74) is 4.21. The van der Waals surface area contributed by atoms with Crippen molar-refractivity contribution in [1.29, 1.82) is 0 Å². The maximum atomic E-state index is 13.9. The van der Waals surface area contributed by atoms with Crippen LogP contribution in [0.2, 0.25) is 0 Å². The number of aromatic nitrogens is 3. The summed E-state index contributed by atoms with van der Waals surface area (Å²) in [4.78, 5) is 15.9. The van der Waals surface area contributed by atoms with Crippen LogP contribution in [0.25, 0.3) is 11.3 Å². The van der Waals surface area contributed by atoms with Crippen molar-refractivity contribution in [2.45, 2.75) is 39.3 Å². The maximum absolute atomic E-state index is 13.9. The Hall–Kier alpha value is -2.73. The van der Waals surface area contributed by atoms with Gasteiger partial charge in [0.25, 0.3) is 0 Å². The first-order valence-electron chi connectivity index (χ1n) is 9.58. The van der Waals surface area contributed by atoms with Crippen LogP contribution in [0, 0.1) is 11.6 Å². The summed E-state index contributed by atoms with van der Waals surface area (Å²) in [6.45, 7) is 4.64. The summed E-state index contributed by atoms with van der Waals surface area (Å²) in [5, 5.41) is 0. The van der Waals surface area contributed by atoms with E-state index >= 15 is 0 Å². The molecule has 0 radical (unpaired) electrons. The van der Waals surface area contributed by atoms with Gasteiger partial charge in [-0.25, -0.2) is 18.7 Å². The van der Waals surface area contributed by atoms with E-state index in [4.69, 9.17) is 4.98 Å². The SMILES string of the molecule is CCCc1ncc2c(n1)CCN(Cc1ccc(-c3ccc(F)cc3F)nc1)C2. The van der Waals surface area contributed by atoms with Gasteiger partial charge in [-0.3, -0.25) is 9.88 Å². The minimum absolute atomic E-state index is 0.305.